The molecule has 1 amide bonds. The van der Waals surface area contributed by atoms with Crippen molar-refractivity contribution in [3.05, 3.63) is 0 Å². The molecule has 1 aliphatic rings. The highest BCUT2D eigenvalue weighted by molar-refractivity contribution is 5.84. The minimum atomic E-state index is -1.83. The van der Waals surface area contributed by atoms with E-state index in [1.54, 1.807) is 0 Å². The van der Waals surface area contributed by atoms with Gasteiger partial charge in [0.15, 0.2) is 5.67 Å². The van der Waals surface area contributed by atoms with Crippen LogP contribution in [0.2, 0.25) is 0 Å². The van der Waals surface area contributed by atoms with Gasteiger partial charge in [0, 0.05) is 12.5 Å². The van der Waals surface area contributed by atoms with Gasteiger partial charge in [0.1, 0.15) is 0 Å². The summed E-state index contributed by atoms with van der Waals surface area (Å²) >= 11 is 0. The third kappa shape index (κ3) is 2.94. The molecule has 0 heterocycles. The number of alkyl halides is 1. The number of aliphatic hydroxyl groups excluding tert-OH is 1. The van der Waals surface area contributed by atoms with Crippen LogP contribution in [-0.2, 0) is 4.79 Å². The second kappa shape index (κ2) is 4.26. The van der Waals surface area contributed by atoms with E-state index in [1.165, 1.54) is 13.8 Å². The summed E-state index contributed by atoms with van der Waals surface area (Å²) in [5.74, 6) is -0.502. The molecule has 2 atom stereocenters. The molecule has 2 unspecified atom stereocenters. The van der Waals surface area contributed by atoms with Crippen molar-refractivity contribution < 1.29 is 14.3 Å². The quantitative estimate of drug-likeness (QED) is 0.719. The van der Waals surface area contributed by atoms with Crippen LogP contribution in [0.5, 0.6) is 0 Å². The summed E-state index contributed by atoms with van der Waals surface area (Å²) in [5.41, 5.74) is -1.83. The van der Waals surface area contributed by atoms with Crippen molar-refractivity contribution in [3.8, 4) is 0 Å². The highest BCUT2D eigenvalue weighted by Crippen LogP contribution is 2.24. The fourth-order valence-corrected chi connectivity index (χ4v) is 1.69. The number of hydrogen-bond donors (Lipinski definition) is 2. The van der Waals surface area contributed by atoms with Gasteiger partial charge < -0.3 is 10.4 Å². The summed E-state index contributed by atoms with van der Waals surface area (Å²) in [4.78, 5) is 11.2. The van der Waals surface area contributed by atoms with Gasteiger partial charge in [0.05, 0.1) is 6.10 Å². The standard InChI is InChI=1S/C10H18FNO2/c1-10(2,11)9(14)12-6-7-4-3-5-8(7)13/h7-8,13H,3-6H2,1-2H3,(H,12,14). The summed E-state index contributed by atoms with van der Waals surface area (Å²) in [5, 5.41) is 12.0. The minimum absolute atomic E-state index is 0.0984. The number of halogens is 1. The maximum Gasteiger partial charge on any atom is 0.257 e. The second-order valence-corrected chi connectivity index (χ2v) is 4.44. The normalized spacial score (nSPS) is 27.7. The first kappa shape index (κ1) is 11.4. The molecule has 1 aliphatic carbocycles. The summed E-state index contributed by atoms with van der Waals surface area (Å²) < 4.78 is 13.1. The van der Waals surface area contributed by atoms with Crippen molar-refractivity contribution >= 4 is 5.91 Å². The highest BCUT2D eigenvalue weighted by atomic mass is 19.1. The number of aliphatic hydroxyl groups is 1. The summed E-state index contributed by atoms with van der Waals surface area (Å²) in [7, 11) is 0. The van der Waals surface area contributed by atoms with Crippen LogP contribution in [0.15, 0.2) is 0 Å². The zero-order valence-corrected chi connectivity index (χ0v) is 8.72. The van der Waals surface area contributed by atoms with E-state index in [9.17, 15) is 14.3 Å². The Morgan fingerprint density at radius 1 is 1.57 bits per heavy atom. The van der Waals surface area contributed by atoms with E-state index in [0.717, 1.165) is 19.3 Å². The topological polar surface area (TPSA) is 49.3 Å². The van der Waals surface area contributed by atoms with Gasteiger partial charge in [-0.15, -0.1) is 0 Å². The number of carbonyl (C=O) groups is 1. The van der Waals surface area contributed by atoms with Crippen LogP contribution in [-0.4, -0.2) is 29.3 Å². The first-order valence-electron chi connectivity index (χ1n) is 5.06. The lowest BCUT2D eigenvalue weighted by atomic mass is 10.1. The van der Waals surface area contributed by atoms with Gasteiger partial charge in [-0.1, -0.05) is 6.42 Å². The van der Waals surface area contributed by atoms with Gasteiger partial charge in [-0.3, -0.25) is 4.79 Å². The molecule has 1 saturated carbocycles. The van der Waals surface area contributed by atoms with Crippen LogP contribution in [0.3, 0.4) is 0 Å². The molecule has 0 saturated heterocycles. The Hall–Kier alpha value is -0.640. The highest BCUT2D eigenvalue weighted by Gasteiger charge is 2.29. The van der Waals surface area contributed by atoms with Crippen LogP contribution in [0.4, 0.5) is 4.39 Å². The third-order valence-electron chi connectivity index (χ3n) is 2.68. The van der Waals surface area contributed by atoms with Crippen molar-refractivity contribution in [2.24, 2.45) is 5.92 Å². The molecular weight excluding hydrogens is 185 g/mol. The largest absolute Gasteiger partial charge is 0.393 e. The first-order chi connectivity index (χ1) is 6.41. The van der Waals surface area contributed by atoms with E-state index in [0.29, 0.717) is 6.54 Å². The smallest absolute Gasteiger partial charge is 0.257 e. The average Bonchev–Trinajstić information content (AvgIpc) is 2.45. The Balaban J connectivity index is 2.30. The van der Waals surface area contributed by atoms with Gasteiger partial charge in [-0.05, 0) is 26.7 Å². The number of rotatable bonds is 3. The summed E-state index contributed by atoms with van der Waals surface area (Å²) in [6, 6.07) is 0. The Morgan fingerprint density at radius 3 is 2.64 bits per heavy atom. The molecular formula is C10H18FNO2. The Bertz CT molecular complexity index is 213. The monoisotopic (exact) mass is 203 g/mol. The van der Waals surface area contributed by atoms with E-state index < -0.39 is 11.6 Å². The molecule has 4 heteroatoms. The average molecular weight is 203 g/mol. The molecule has 1 rings (SSSR count). The summed E-state index contributed by atoms with van der Waals surface area (Å²) in [6.07, 6.45) is 2.35. The second-order valence-electron chi connectivity index (χ2n) is 4.44. The zero-order chi connectivity index (χ0) is 10.8. The SMILES string of the molecule is CC(C)(F)C(=O)NCC1CCCC1O. The van der Waals surface area contributed by atoms with Gasteiger partial charge in [0.25, 0.3) is 5.91 Å². The van der Waals surface area contributed by atoms with Crippen molar-refractivity contribution in [3.63, 3.8) is 0 Å². The van der Waals surface area contributed by atoms with Crippen molar-refractivity contribution in [1.29, 1.82) is 0 Å². The first-order valence-corrected chi connectivity index (χ1v) is 5.06. The minimum Gasteiger partial charge on any atom is -0.393 e. The molecule has 1 fully saturated rings. The molecule has 0 aliphatic heterocycles. The van der Waals surface area contributed by atoms with Crippen LogP contribution in [0.25, 0.3) is 0 Å². The summed E-state index contributed by atoms with van der Waals surface area (Å²) in [6.45, 7) is 2.84. The lowest BCUT2D eigenvalue weighted by Gasteiger charge is -2.18. The molecule has 82 valence electrons. The fraction of sp³-hybridized carbons (Fsp3) is 0.900. The van der Waals surface area contributed by atoms with Crippen molar-refractivity contribution in [1.82, 2.24) is 5.32 Å². The van der Waals surface area contributed by atoms with Gasteiger partial charge in [-0.2, -0.15) is 0 Å². The van der Waals surface area contributed by atoms with Gasteiger partial charge in [-0.25, -0.2) is 4.39 Å². The van der Waals surface area contributed by atoms with Gasteiger partial charge in [0.2, 0.25) is 0 Å². The van der Waals surface area contributed by atoms with Crippen LogP contribution >= 0.6 is 0 Å². The number of hydrogen-bond acceptors (Lipinski definition) is 2. The number of carbonyl (C=O) groups excluding carboxylic acids is 1. The number of nitrogens with one attached hydrogen (secondary N) is 1. The maximum absolute atomic E-state index is 13.1. The van der Waals surface area contributed by atoms with Crippen LogP contribution in [0.1, 0.15) is 33.1 Å². The van der Waals surface area contributed by atoms with E-state index in [1.807, 2.05) is 0 Å². The zero-order valence-electron chi connectivity index (χ0n) is 8.72. The van der Waals surface area contributed by atoms with Crippen LogP contribution < -0.4 is 5.32 Å². The number of amides is 1. The molecule has 14 heavy (non-hydrogen) atoms. The fourth-order valence-electron chi connectivity index (χ4n) is 1.69. The molecule has 0 aromatic rings. The Labute approximate surface area is 83.7 Å². The molecule has 2 N–H and O–H groups in total. The van der Waals surface area contributed by atoms with E-state index in [-0.39, 0.29) is 12.0 Å². The van der Waals surface area contributed by atoms with Crippen LogP contribution in [0, 0.1) is 5.92 Å². The third-order valence-corrected chi connectivity index (χ3v) is 2.68. The predicted molar refractivity (Wildman–Crippen MR) is 51.5 cm³/mol. The van der Waals surface area contributed by atoms with Gasteiger partial charge >= 0.3 is 0 Å². The Kier molecular flexibility index (Phi) is 3.48. The Morgan fingerprint density at radius 2 is 2.21 bits per heavy atom. The van der Waals surface area contributed by atoms with E-state index >= 15 is 0 Å². The maximum atomic E-state index is 13.1. The lowest BCUT2D eigenvalue weighted by molar-refractivity contribution is -0.131. The molecule has 0 aromatic carbocycles. The predicted octanol–water partition coefficient (Wildman–Crippen LogP) is 1.01. The molecule has 3 nitrogen and oxygen atoms in total. The van der Waals surface area contributed by atoms with Crippen molar-refractivity contribution in [2.75, 3.05) is 6.54 Å². The lowest BCUT2D eigenvalue weighted by Crippen LogP contribution is -2.42. The van der Waals surface area contributed by atoms with E-state index in [2.05, 4.69) is 5.32 Å². The molecule has 0 bridgehead atoms. The van der Waals surface area contributed by atoms with E-state index in [4.69, 9.17) is 0 Å². The molecule has 0 spiro atoms. The molecule has 0 aromatic heterocycles. The van der Waals surface area contributed by atoms with Crippen molar-refractivity contribution in [2.45, 2.75) is 44.9 Å². The molecule has 0 radical (unpaired) electrons.